The smallest absolute Gasteiger partial charge is 0.276 e. The summed E-state index contributed by atoms with van der Waals surface area (Å²) in [6.45, 7) is 0. The first-order chi connectivity index (χ1) is 13.2. The second-order valence-corrected chi connectivity index (χ2v) is 5.86. The molecule has 0 aliphatic heterocycles. The quantitative estimate of drug-likeness (QED) is 0.591. The minimum Gasteiger partial charge on any atom is -0.321 e. The third-order valence-corrected chi connectivity index (χ3v) is 4.02. The lowest BCUT2D eigenvalue weighted by Crippen LogP contribution is -2.13. The Morgan fingerprint density at radius 3 is 2.33 bits per heavy atom. The van der Waals surface area contributed by atoms with Crippen molar-refractivity contribution in [1.82, 2.24) is 14.8 Å². The fourth-order valence-electron chi connectivity index (χ4n) is 2.71. The number of nitrogens with zero attached hydrogens (tertiary/aromatic N) is 3. The normalized spacial score (nSPS) is 10.6. The monoisotopic (exact) mass is 358 g/mol. The van der Waals surface area contributed by atoms with Crippen LogP contribution in [0.4, 0.5) is 10.1 Å². The number of amides is 1. The largest absolute Gasteiger partial charge is 0.321 e. The highest BCUT2D eigenvalue weighted by atomic mass is 19.1. The minimum absolute atomic E-state index is 0.259. The van der Waals surface area contributed by atoms with Crippen molar-refractivity contribution in [2.45, 2.75) is 0 Å². The van der Waals surface area contributed by atoms with Crippen LogP contribution >= 0.6 is 0 Å². The number of hydrogen-bond donors (Lipinski definition) is 1. The standard InChI is InChI=1S/C21H15FN4O/c22-16-6-8-17(9-7-16)24-21(27)19-14-20(15-10-12-23-13-11-15)26(25-19)18-4-2-1-3-5-18/h1-14H,(H,24,27). The van der Waals surface area contributed by atoms with Gasteiger partial charge in [-0.25, -0.2) is 9.07 Å². The lowest BCUT2D eigenvalue weighted by molar-refractivity contribution is 0.102. The van der Waals surface area contributed by atoms with Crippen LogP contribution in [-0.4, -0.2) is 20.7 Å². The Bertz CT molecular complexity index is 1000. The molecule has 0 radical (unpaired) electrons. The second kappa shape index (κ2) is 7.21. The van der Waals surface area contributed by atoms with Crippen LogP contribution in [0.15, 0.2) is 85.2 Å². The lowest BCUT2D eigenvalue weighted by Gasteiger charge is -2.07. The van der Waals surface area contributed by atoms with Crippen molar-refractivity contribution in [2.75, 3.05) is 5.32 Å². The zero-order valence-corrected chi connectivity index (χ0v) is 14.2. The average molecular weight is 358 g/mol. The summed E-state index contributed by atoms with van der Waals surface area (Å²) in [5.74, 6) is -0.729. The molecule has 6 heteroatoms. The molecule has 0 aliphatic rings. The van der Waals surface area contributed by atoms with E-state index in [1.54, 1.807) is 23.1 Å². The molecule has 0 saturated carbocycles. The second-order valence-electron chi connectivity index (χ2n) is 5.86. The molecular formula is C21H15FN4O. The van der Waals surface area contributed by atoms with Crippen LogP contribution in [0, 0.1) is 5.82 Å². The van der Waals surface area contributed by atoms with E-state index in [2.05, 4.69) is 15.4 Å². The third kappa shape index (κ3) is 3.59. The Labute approximate surface area is 155 Å². The number of hydrogen-bond acceptors (Lipinski definition) is 3. The van der Waals surface area contributed by atoms with E-state index in [1.807, 2.05) is 42.5 Å². The van der Waals surface area contributed by atoms with Crippen molar-refractivity contribution >= 4 is 11.6 Å². The molecular weight excluding hydrogens is 343 g/mol. The number of carbonyl (C=O) groups is 1. The van der Waals surface area contributed by atoms with Gasteiger partial charge < -0.3 is 5.32 Å². The van der Waals surface area contributed by atoms with Gasteiger partial charge >= 0.3 is 0 Å². The molecule has 0 fully saturated rings. The van der Waals surface area contributed by atoms with Gasteiger partial charge in [0.05, 0.1) is 11.4 Å². The Morgan fingerprint density at radius 2 is 1.63 bits per heavy atom. The van der Waals surface area contributed by atoms with E-state index in [0.717, 1.165) is 16.9 Å². The number of pyridine rings is 1. The Kier molecular flexibility index (Phi) is 4.45. The zero-order chi connectivity index (χ0) is 18.6. The van der Waals surface area contributed by atoms with Gasteiger partial charge in [-0.3, -0.25) is 9.78 Å². The van der Waals surface area contributed by atoms with E-state index in [-0.39, 0.29) is 17.4 Å². The lowest BCUT2D eigenvalue weighted by atomic mass is 10.2. The van der Waals surface area contributed by atoms with Gasteiger partial charge in [0.15, 0.2) is 5.69 Å². The topological polar surface area (TPSA) is 59.8 Å². The predicted octanol–water partition coefficient (Wildman–Crippen LogP) is 4.33. The van der Waals surface area contributed by atoms with Crippen molar-refractivity contribution in [1.29, 1.82) is 0 Å². The summed E-state index contributed by atoms with van der Waals surface area (Å²) in [7, 11) is 0. The highest BCUT2D eigenvalue weighted by Crippen LogP contribution is 2.24. The summed E-state index contributed by atoms with van der Waals surface area (Å²) in [5, 5.41) is 7.22. The Morgan fingerprint density at radius 1 is 0.926 bits per heavy atom. The van der Waals surface area contributed by atoms with E-state index in [9.17, 15) is 9.18 Å². The van der Waals surface area contributed by atoms with Crippen molar-refractivity contribution in [2.24, 2.45) is 0 Å². The average Bonchev–Trinajstić information content (AvgIpc) is 3.17. The van der Waals surface area contributed by atoms with E-state index in [4.69, 9.17) is 0 Å². The molecule has 1 amide bonds. The Hall–Kier alpha value is -3.80. The molecule has 27 heavy (non-hydrogen) atoms. The first-order valence-electron chi connectivity index (χ1n) is 8.33. The van der Waals surface area contributed by atoms with Crippen LogP contribution in [-0.2, 0) is 0 Å². The molecule has 0 spiro atoms. The van der Waals surface area contributed by atoms with E-state index in [0.29, 0.717) is 5.69 Å². The van der Waals surface area contributed by atoms with Gasteiger partial charge in [0.25, 0.3) is 5.91 Å². The van der Waals surface area contributed by atoms with Crippen molar-refractivity contribution in [3.63, 3.8) is 0 Å². The zero-order valence-electron chi connectivity index (χ0n) is 14.2. The number of aromatic nitrogens is 3. The van der Waals surface area contributed by atoms with Crippen molar-refractivity contribution < 1.29 is 9.18 Å². The van der Waals surface area contributed by atoms with Gasteiger partial charge in [-0.1, -0.05) is 18.2 Å². The highest BCUT2D eigenvalue weighted by Gasteiger charge is 2.17. The molecule has 0 bridgehead atoms. The van der Waals surface area contributed by atoms with Gasteiger partial charge in [-0.2, -0.15) is 5.10 Å². The molecule has 0 unspecified atom stereocenters. The van der Waals surface area contributed by atoms with Crippen molar-refractivity contribution in [3.8, 4) is 16.9 Å². The molecule has 2 aromatic heterocycles. The highest BCUT2D eigenvalue weighted by molar-refractivity contribution is 6.03. The number of nitrogens with one attached hydrogen (secondary N) is 1. The maximum Gasteiger partial charge on any atom is 0.276 e. The van der Waals surface area contributed by atoms with Gasteiger partial charge in [-0.05, 0) is 54.6 Å². The van der Waals surface area contributed by atoms with Crippen LogP contribution in [0.2, 0.25) is 0 Å². The van der Waals surface area contributed by atoms with E-state index in [1.165, 1.54) is 24.3 Å². The molecule has 0 atom stereocenters. The van der Waals surface area contributed by atoms with Crippen LogP contribution < -0.4 is 5.32 Å². The molecule has 2 aromatic carbocycles. The summed E-state index contributed by atoms with van der Waals surface area (Å²) in [4.78, 5) is 16.7. The molecule has 4 aromatic rings. The molecule has 5 nitrogen and oxygen atoms in total. The number of rotatable bonds is 4. The number of para-hydroxylation sites is 1. The number of anilines is 1. The van der Waals surface area contributed by atoms with E-state index < -0.39 is 0 Å². The SMILES string of the molecule is O=C(Nc1ccc(F)cc1)c1cc(-c2ccncc2)n(-c2ccccc2)n1. The maximum atomic E-state index is 13.0. The summed E-state index contributed by atoms with van der Waals surface area (Å²) < 4.78 is 14.8. The predicted molar refractivity (Wildman–Crippen MR) is 101 cm³/mol. The number of benzene rings is 2. The van der Waals surface area contributed by atoms with Crippen LogP contribution in [0.25, 0.3) is 16.9 Å². The first kappa shape index (κ1) is 16.7. The number of halogens is 1. The van der Waals surface area contributed by atoms with Gasteiger partial charge in [0.1, 0.15) is 5.82 Å². The van der Waals surface area contributed by atoms with E-state index >= 15 is 0 Å². The van der Waals surface area contributed by atoms with Gasteiger partial charge in [0, 0.05) is 23.6 Å². The van der Waals surface area contributed by atoms with Crippen LogP contribution in [0.3, 0.4) is 0 Å². The van der Waals surface area contributed by atoms with Crippen molar-refractivity contribution in [3.05, 3.63) is 96.7 Å². The molecule has 0 saturated heterocycles. The first-order valence-corrected chi connectivity index (χ1v) is 8.33. The van der Waals surface area contributed by atoms with Gasteiger partial charge in [0.2, 0.25) is 0 Å². The summed E-state index contributed by atoms with van der Waals surface area (Å²) >= 11 is 0. The fourth-order valence-corrected chi connectivity index (χ4v) is 2.71. The Balaban J connectivity index is 1.72. The fraction of sp³-hybridized carbons (Fsp3) is 0. The minimum atomic E-state index is -0.369. The van der Waals surface area contributed by atoms with Crippen LogP contribution in [0.1, 0.15) is 10.5 Å². The molecule has 2 heterocycles. The van der Waals surface area contributed by atoms with Crippen LogP contribution in [0.5, 0.6) is 0 Å². The van der Waals surface area contributed by atoms with Gasteiger partial charge in [-0.15, -0.1) is 0 Å². The molecule has 4 rings (SSSR count). The summed E-state index contributed by atoms with van der Waals surface area (Å²) in [6, 6.07) is 20.6. The molecule has 0 aliphatic carbocycles. The summed E-state index contributed by atoms with van der Waals surface area (Å²) in [6.07, 6.45) is 3.38. The molecule has 1 N–H and O–H groups in total. The maximum absolute atomic E-state index is 13.0. The third-order valence-electron chi connectivity index (χ3n) is 4.02. The number of carbonyl (C=O) groups excluding carboxylic acids is 1. The molecule has 132 valence electrons. The summed E-state index contributed by atoms with van der Waals surface area (Å²) in [5.41, 5.74) is 3.26.